The molecule has 0 bridgehead atoms. The molecule has 5 nitrogen and oxygen atoms in total. The summed E-state index contributed by atoms with van der Waals surface area (Å²) < 4.78 is 23.3. The molecular weight excluding hydrogens is 408 g/mol. The van der Waals surface area contributed by atoms with Gasteiger partial charge in [-0.1, -0.05) is 42.5 Å². The highest BCUT2D eigenvalue weighted by molar-refractivity contribution is 7.90. The number of likely N-dealkylation sites (tertiary alicyclic amines) is 2. The minimum atomic E-state index is -3.19. The van der Waals surface area contributed by atoms with E-state index in [2.05, 4.69) is 35.2 Å². The summed E-state index contributed by atoms with van der Waals surface area (Å²) in [5.41, 5.74) is 2.49. The summed E-state index contributed by atoms with van der Waals surface area (Å²) in [6.07, 6.45) is 6.30. The van der Waals surface area contributed by atoms with Crippen molar-refractivity contribution < 1.29 is 13.2 Å². The summed E-state index contributed by atoms with van der Waals surface area (Å²) in [6.45, 7) is 4.64. The average Bonchev–Trinajstić information content (AvgIpc) is 3.05. The third-order valence-electron chi connectivity index (χ3n) is 6.83. The van der Waals surface area contributed by atoms with Crippen LogP contribution in [0.3, 0.4) is 0 Å². The van der Waals surface area contributed by atoms with Gasteiger partial charge in [-0.2, -0.15) is 0 Å². The number of sulfone groups is 1. The van der Waals surface area contributed by atoms with Gasteiger partial charge in [0.15, 0.2) is 9.84 Å². The lowest BCUT2D eigenvalue weighted by atomic mass is 9.77. The molecule has 2 saturated heterocycles. The van der Waals surface area contributed by atoms with Gasteiger partial charge in [0.05, 0.1) is 4.90 Å². The van der Waals surface area contributed by atoms with Crippen molar-refractivity contribution in [2.24, 2.45) is 5.41 Å². The number of carbonyl (C=O) groups is 1. The molecule has 2 aromatic rings. The first kappa shape index (κ1) is 22.0. The van der Waals surface area contributed by atoms with E-state index in [4.69, 9.17) is 0 Å². The van der Waals surface area contributed by atoms with E-state index in [0.29, 0.717) is 17.9 Å². The van der Waals surface area contributed by atoms with Crippen LogP contribution in [0.5, 0.6) is 0 Å². The van der Waals surface area contributed by atoms with Crippen LogP contribution in [0.2, 0.25) is 0 Å². The van der Waals surface area contributed by atoms with Crippen LogP contribution < -0.4 is 0 Å². The van der Waals surface area contributed by atoms with E-state index in [0.717, 1.165) is 51.0 Å². The quantitative estimate of drug-likeness (QED) is 0.661. The summed E-state index contributed by atoms with van der Waals surface area (Å²) in [6, 6.07) is 17.6. The van der Waals surface area contributed by atoms with Crippen LogP contribution in [0.4, 0.5) is 0 Å². The molecule has 2 aromatic carbocycles. The SMILES string of the molecule is CS(=O)(=O)c1ccc(CN2CC3(CCN(CCCc4ccccc4)CC3)CC2=O)cc1. The van der Waals surface area contributed by atoms with E-state index in [-0.39, 0.29) is 11.3 Å². The van der Waals surface area contributed by atoms with Crippen molar-refractivity contribution in [1.29, 1.82) is 0 Å². The van der Waals surface area contributed by atoms with E-state index < -0.39 is 9.84 Å². The molecule has 0 aliphatic carbocycles. The molecule has 1 amide bonds. The molecule has 0 saturated carbocycles. The van der Waals surface area contributed by atoms with Crippen molar-refractivity contribution in [2.75, 3.05) is 32.4 Å². The molecule has 2 aliphatic rings. The van der Waals surface area contributed by atoms with Crippen LogP contribution in [-0.2, 0) is 27.6 Å². The molecule has 0 atom stereocenters. The molecule has 166 valence electrons. The fraction of sp³-hybridized carbons (Fsp3) is 0.480. The molecule has 2 heterocycles. The number of amides is 1. The number of hydrogen-bond acceptors (Lipinski definition) is 4. The van der Waals surface area contributed by atoms with E-state index in [9.17, 15) is 13.2 Å². The molecule has 2 fully saturated rings. The van der Waals surface area contributed by atoms with Gasteiger partial charge in [0.1, 0.15) is 0 Å². The second-order valence-corrected chi connectivity index (χ2v) is 11.3. The summed E-state index contributed by atoms with van der Waals surface area (Å²) in [5.74, 6) is 0.227. The lowest BCUT2D eigenvalue weighted by molar-refractivity contribution is -0.128. The Bertz CT molecular complexity index is 995. The normalized spacial score (nSPS) is 19.3. The monoisotopic (exact) mass is 440 g/mol. The fourth-order valence-electron chi connectivity index (χ4n) is 4.93. The summed E-state index contributed by atoms with van der Waals surface area (Å²) in [7, 11) is -3.19. The van der Waals surface area contributed by atoms with Gasteiger partial charge >= 0.3 is 0 Å². The van der Waals surface area contributed by atoms with Crippen molar-refractivity contribution >= 4 is 15.7 Å². The van der Waals surface area contributed by atoms with Crippen LogP contribution in [0.15, 0.2) is 59.5 Å². The first-order valence-corrected chi connectivity index (χ1v) is 13.1. The first-order chi connectivity index (χ1) is 14.8. The van der Waals surface area contributed by atoms with Gasteiger partial charge in [0, 0.05) is 25.8 Å². The topological polar surface area (TPSA) is 57.7 Å². The number of piperidine rings is 1. The van der Waals surface area contributed by atoms with Gasteiger partial charge < -0.3 is 9.80 Å². The number of hydrogen-bond donors (Lipinski definition) is 0. The van der Waals surface area contributed by atoms with Crippen molar-refractivity contribution in [3.8, 4) is 0 Å². The Morgan fingerprint density at radius 2 is 1.61 bits per heavy atom. The van der Waals surface area contributed by atoms with Gasteiger partial charge in [0.25, 0.3) is 0 Å². The molecule has 4 rings (SSSR count). The molecular formula is C25H32N2O3S. The molecule has 1 spiro atoms. The largest absolute Gasteiger partial charge is 0.338 e. The van der Waals surface area contributed by atoms with Gasteiger partial charge in [-0.15, -0.1) is 0 Å². The second kappa shape index (κ2) is 9.13. The number of rotatable bonds is 7. The fourth-order valence-corrected chi connectivity index (χ4v) is 5.56. The first-order valence-electron chi connectivity index (χ1n) is 11.2. The van der Waals surface area contributed by atoms with Crippen molar-refractivity contribution in [1.82, 2.24) is 9.80 Å². The smallest absolute Gasteiger partial charge is 0.223 e. The second-order valence-electron chi connectivity index (χ2n) is 9.27. The maximum absolute atomic E-state index is 12.7. The van der Waals surface area contributed by atoms with E-state index in [1.54, 1.807) is 12.1 Å². The molecule has 2 aliphatic heterocycles. The zero-order valence-corrected chi connectivity index (χ0v) is 19.1. The maximum atomic E-state index is 12.7. The van der Waals surface area contributed by atoms with Crippen molar-refractivity contribution in [3.05, 3.63) is 65.7 Å². The predicted molar refractivity (Wildman–Crippen MR) is 122 cm³/mol. The van der Waals surface area contributed by atoms with E-state index >= 15 is 0 Å². The highest BCUT2D eigenvalue weighted by Crippen LogP contribution is 2.41. The Balaban J connectivity index is 1.26. The predicted octanol–water partition coefficient (Wildman–Crippen LogP) is 3.54. The molecule has 0 aromatic heterocycles. The number of carbonyl (C=O) groups excluding carboxylic acids is 1. The van der Waals surface area contributed by atoms with Gasteiger partial charge in [-0.25, -0.2) is 8.42 Å². The third-order valence-corrected chi connectivity index (χ3v) is 7.96. The number of aryl methyl sites for hydroxylation is 1. The van der Waals surface area contributed by atoms with Crippen molar-refractivity contribution in [3.63, 3.8) is 0 Å². The maximum Gasteiger partial charge on any atom is 0.223 e. The van der Waals surface area contributed by atoms with Gasteiger partial charge in [0.2, 0.25) is 5.91 Å². The van der Waals surface area contributed by atoms with Crippen molar-refractivity contribution in [2.45, 2.75) is 43.5 Å². The Morgan fingerprint density at radius 3 is 2.26 bits per heavy atom. The van der Waals surface area contributed by atoms with Crippen LogP contribution in [0.25, 0.3) is 0 Å². The average molecular weight is 441 g/mol. The van der Waals surface area contributed by atoms with Gasteiger partial charge in [-0.05, 0) is 74.0 Å². The standard InChI is InChI=1S/C25H32N2O3S/c1-31(29,30)23-11-9-22(10-12-23)19-27-20-25(18-24(27)28)13-16-26(17-14-25)15-5-8-21-6-3-2-4-7-21/h2-4,6-7,9-12H,5,8,13-20H2,1H3. The van der Waals surface area contributed by atoms with Crippen LogP contribution in [-0.4, -0.2) is 56.6 Å². The highest BCUT2D eigenvalue weighted by atomic mass is 32.2. The summed E-state index contributed by atoms with van der Waals surface area (Å²) in [5, 5.41) is 0. The molecule has 31 heavy (non-hydrogen) atoms. The highest BCUT2D eigenvalue weighted by Gasteiger charge is 2.44. The lowest BCUT2D eigenvalue weighted by Gasteiger charge is -2.38. The van der Waals surface area contributed by atoms with Gasteiger partial charge in [-0.3, -0.25) is 4.79 Å². The minimum absolute atomic E-state index is 0.111. The Morgan fingerprint density at radius 1 is 0.935 bits per heavy atom. The Kier molecular flexibility index (Phi) is 6.49. The number of nitrogens with zero attached hydrogens (tertiary/aromatic N) is 2. The summed E-state index contributed by atoms with van der Waals surface area (Å²) >= 11 is 0. The molecule has 0 N–H and O–H groups in total. The Hall–Kier alpha value is -2.18. The van der Waals surface area contributed by atoms with E-state index in [1.165, 1.54) is 18.2 Å². The molecule has 0 radical (unpaired) electrons. The lowest BCUT2D eigenvalue weighted by Crippen LogP contribution is -2.41. The van der Waals surface area contributed by atoms with Crippen LogP contribution >= 0.6 is 0 Å². The minimum Gasteiger partial charge on any atom is -0.338 e. The van der Waals surface area contributed by atoms with Crippen LogP contribution in [0.1, 0.15) is 36.8 Å². The number of benzene rings is 2. The van der Waals surface area contributed by atoms with E-state index in [1.807, 2.05) is 17.0 Å². The molecule has 0 unspecified atom stereocenters. The van der Waals surface area contributed by atoms with Crippen LogP contribution in [0, 0.1) is 5.41 Å². The Labute approximate surface area is 186 Å². The third kappa shape index (κ3) is 5.55. The zero-order valence-electron chi connectivity index (χ0n) is 18.3. The zero-order chi connectivity index (χ0) is 21.9. The summed E-state index contributed by atoms with van der Waals surface area (Å²) in [4.78, 5) is 17.5. The molecule has 6 heteroatoms.